The van der Waals surface area contributed by atoms with E-state index >= 15 is 0 Å². The lowest BCUT2D eigenvalue weighted by Crippen LogP contribution is -2.22. The quantitative estimate of drug-likeness (QED) is 0.752. The highest BCUT2D eigenvalue weighted by Gasteiger charge is 2.03. The van der Waals surface area contributed by atoms with Crippen molar-refractivity contribution in [3.8, 4) is 5.75 Å². The molecule has 0 unspecified atom stereocenters. The van der Waals surface area contributed by atoms with Crippen molar-refractivity contribution in [2.24, 2.45) is 0 Å². The number of pyridine rings is 1. The maximum atomic E-state index is 12.4. The molecule has 2 aromatic carbocycles. The largest absolute Gasteiger partial charge is 0.492 e. The Morgan fingerprint density at radius 2 is 2.00 bits per heavy atom. The zero-order valence-electron chi connectivity index (χ0n) is 11.8. The summed E-state index contributed by atoms with van der Waals surface area (Å²) in [6, 6.07) is 14.3. The molecule has 0 saturated carbocycles. The number of nitrogen functional groups attached to an aromatic ring is 1. The average molecular weight is 315 g/mol. The number of fused-ring (bicyclic) bond motifs is 1. The van der Waals surface area contributed by atoms with Crippen molar-refractivity contribution in [3.05, 3.63) is 70.1 Å². The van der Waals surface area contributed by atoms with E-state index in [1.54, 1.807) is 41.1 Å². The van der Waals surface area contributed by atoms with Gasteiger partial charge in [-0.2, -0.15) is 0 Å². The van der Waals surface area contributed by atoms with Crippen LogP contribution in [0.1, 0.15) is 0 Å². The van der Waals surface area contributed by atoms with Gasteiger partial charge in [0.15, 0.2) is 0 Å². The summed E-state index contributed by atoms with van der Waals surface area (Å²) in [7, 11) is 0. The van der Waals surface area contributed by atoms with Gasteiger partial charge in [-0.1, -0.05) is 17.7 Å². The molecule has 22 heavy (non-hydrogen) atoms. The Bertz CT molecular complexity index is 874. The first-order chi connectivity index (χ1) is 10.6. The monoisotopic (exact) mass is 314 g/mol. The summed E-state index contributed by atoms with van der Waals surface area (Å²) in [5, 5.41) is 2.11. The van der Waals surface area contributed by atoms with Gasteiger partial charge in [-0.25, -0.2) is 0 Å². The molecule has 0 bridgehead atoms. The Balaban J connectivity index is 1.75. The number of benzene rings is 2. The van der Waals surface area contributed by atoms with Gasteiger partial charge in [-0.05, 0) is 41.8 Å². The second kappa shape index (κ2) is 6.12. The van der Waals surface area contributed by atoms with Crippen LogP contribution in [0.15, 0.2) is 59.5 Å². The maximum absolute atomic E-state index is 12.4. The summed E-state index contributed by atoms with van der Waals surface area (Å²) in [4.78, 5) is 12.4. The van der Waals surface area contributed by atoms with Crippen LogP contribution in [0.25, 0.3) is 10.8 Å². The van der Waals surface area contributed by atoms with Crippen LogP contribution in [0.3, 0.4) is 0 Å². The van der Waals surface area contributed by atoms with E-state index in [4.69, 9.17) is 22.1 Å². The molecule has 1 aromatic heterocycles. The fourth-order valence-corrected chi connectivity index (χ4v) is 2.48. The van der Waals surface area contributed by atoms with Gasteiger partial charge in [-0.3, -0.25) is 4.79 Å². The predicted octanol–water partition coefficient (Wildman–Crippen LogP) is 3.32. The summed E-state index contributed by atoms with van der Waals surface area (Å²) < 4.78 is 7.24. The minimum Gasteiger partial charge on any atom is -0.492 e. The van der Waals surface area contributed by atoms with E-state index in [1.807, 2.05) is 18.2 Å². The molecule has 4 nitrogen and oxygen atoms in total. The number of rotatable bonds is 4. The summed E-state index contributed by atoms with van der Waals surface area (Å²) in [6.07, 6.45) is 1.75. The third kappa shape index (κ3) is 3.07. The van der Waals surface area contributed by atoms with Crippen molar-refractivity contribution in [1.82, 2.24) is 4.57 Å². The lowest BCUT2D eigenvalue weighted by Gasteiger charge is -2.09. The van der Waals surface area contributed by atoms with E-state index in [2.05, 4.69) is 0 Å². The molecule has 1 heterocycles. The van der Waals surface area contributed by atoms with E-state index in [0.717, 1.165) is 5.39 Å². The zero-order valence-corrected chi connectivity index (χ0v) is 12.6. The van der Waals surface area contributed by atoms with Crippen molar-refractivity contribution >= 4 is 28.1 Å². The lowest BCUT2D eigenvalue weighted by molar-refractivity contribution is 0.297. The first-order valence-electron chi connectivity index (χ1n) is 6.90. The highest BCUT2D eigenvalue weighted by Crippen LogP contribution is 2.16. The molecule has 0 aliphatic carbocycles. The molecule has 2 N–H and O–H groups in total. The maximum Gasteiger partial charge on any atom is 0.258 e. The van der Waals surface area contributed by atoms with Crippen LogP contribution in [0.4, 0.5) is 5.69 Å². The zero-order chi connectivity index (χ0) is 15.5. The number of ether oxygens (including phenoxy) is 1. The van der Waals surface area contributed by atoms with Crippen LogP contribution in [0.5, 0.6) is 5.75 Å². The van der Waals surface area contributed by atoms with E-state index < -0.39 is 0 Å². The molecule has 0 atom stereocenters. The van der Waals surface area contributed by atoms with Gasteiger partial charge in [0.05, 0.1) is 6.54 Å². The second-order valence-corrected chi connectivity index (χ2v) is 5.40. The molecule has 3 aromatic rings. The first kappa shape index (κ1) is 14.5. The van der Waals surface area contributed by atoms with Crippen molar-refractivity contribution in [3.63, 3.8) is 0 Å². The Labute approximate surface area is 132 Å². The molecule has 0 fully saturated rings. The normalized spacial score (nSPS) is 10.8. The van der Waals surface area contributed by atoms with Crippen molar-refractivity contribution < 1.29 is 4.74 Å². The number of hydrogen-bond acceptors (Lipinski definition) is 3. The molecule has 3 rings (SSSR count). The average Bonchev–Trinajstić information content (AvgIpc) is 2.49. The molecule has 0 radical (unpaired) electrons. The summed E-state index contributed by atoms with van der Waals surface area (Å²) in [5.41, 5.74) is 6.29. The number of halogens is 1. The van der Waals surface area contributed by atoms with Gasteiger partial charge >= 0.3 is 0 Å². The van der Waals surface area contributed by atoms with Crippen LogP contribution >= 0.6 is 11.6 Å². The molecule has 0 aliphatic heterocycles. The first-order valence-corrected chi connectivity index (χ1v) is 7.28. The topological polar surface area (TPSA) is 57.2 Å². The Morgan fingerprint density at radius 1 is 1.14 bits per heavy atom. The van der Waals surface area contributed by atoms with Gasteiger partial charge in [-0.15, -0.1) is 0 Å². The molecule has 0 spiro atoms. The Morgan fingerprint density at radius 3 is 2.82 bits per heavy atom. The van der Waals surface area contributed by atoms with Gasteiger partial charge < -0.3 is 15.0 Å². The fraction of sp³-hybridized carbons (Fsp3) is 0.118. The number of hydrogen-bond donors (Lipinski definition) is 1. The summed E-state index contributed by atoms with van der Waals surface area (Å²) in [5.74, 6) is 0.695. The molecule has 0 aliphatic rings. The van der Waals surface area contributed by atoms with Crippen molar-refractivity contribution in [1.29, 1.82) is 0 Å². The Hall–Kier alpha value is -2.46. The van der Waals surface area contributed by atoms with Crippen LogP contribution in [0, 0.1) is 0 Å². The SMILES string of the molecule is Nc1cccc(OCCn2ccc3cc(Cl)ccc3c2=O)c1. The fourth-order valence-electron chi connectivity index (χ4n) is 2.30. The van der Waals surface area contributed by atoms with Crippen LogP contribution in [0.2, 0.25) is 5.02 Å². The second-order valence-electron chi connectivity index (χ2n) is 4.97. The van der Waals surface area contributed by atoms with Gasteiger partial charge in [0, 0.05) is 28.4 Å². The van der Waals surface area contributed by atoms with Crippen molar-refractivity contribution in [2.45, 2.75) is 6.54 Å². The minimum absolute atomic E-state index is 0.0506. The molecular weight excluding hydrogens is 300 g/mol. The predicted molar refractivity (Wildman–Crippen MR) is 89.6 cm³/mol. The highest BCUT2D eigenvalue weighted by molar-refractivity contribution is 6.31. The number of nitrogens with zero attached hydrogens (tertiary/aromatic N) is 1. The number of aromatic nitrogens is 1. The van der Waals surface area contributed by atoms with Crippen LogP contribution < -0.4 is 16.0 Å². The van der Waals surface area contributed by atoms with Gasteiger partial charge in [0.25, 0.3) is 5.56 Å². The number of anilines is 1. The van der Waals surface area contributed by atoms with Gasteiger partial charge in [0.1, 0.15) is 12.4 Å². The molecular formula is C17H15ClN2O2. The third-order valence-corrected chi connectivity index (χ3v) is 3.63. The van der Waals surface area contributed by atoms with Crippen molar-refractivity contribution in [2.75, 3.05) is 12.3 Å². The minimum atomic E-state index is -0.0506. The third-order valence-electron chi connectivity index (χ3n) is 3.40. The Kier molecular flexibility index (Phi) is 4.02. The van der Waals surface area contributed by atoms with E-state index in [-0.39, 0.29) is 5.56 Å². The lowest BCUT2D eigenvalue weighted by atomic mass is 10.2. The van der Waals surface area contributed by atoms with E-state index in [9.17, 15) is 4.79 Å². The number of nitrogens with two attached hydrogens (primary N) is 1. The van der Waals surface area contributed by atoms with Crippen LogP contribution in [-0.2, 0) is 6.54 Å². The molecule has 0 saturated heterocycles. The standard InChI is InChI=1S/C17H15ClN2O2/c18-13-4-5-16-12(10-13)6-7-20(17(16)21)8-9-22-15-3-1-2-14(19)11-15/h1-7,10-11H,8-9,19H2. The van der Waals surface area contributed by atoms with Gasteiger partial charge in [0.2, 0.25) is 0 Å². The summed E-state index contributed by atoms with van der Waals surface area (Å²) >= 11 is 5.94. The van der Waals surface area contributed by atoms with E-state index in [0.29, 0.717) is 35.0 Å². The molecule has 112 valence electrons. The highest BCUT2D eigenvalue weighted by atomic mass is 35.5. The van der Waals surface area contributed by atoms with E-state index in [1.165, 1.54) is 0 Å². The molecule has 5 heteroatoms. The summed E-state index contributed by atoms with van der Waals surface area (Å²) in [6.45, 7) is 0.856. The van der Waals surface area contributed by atoms with Crippen LogP contribution in [-0.4, -0.2) is 11.2 Å². The molecule has 0 amide bonds. The smallest absolute Gasteiger partial charge is 0.258 e.